The first-order valence-corrected chi connectivity index (χ1v) is 9.10. The molecule has 158 valence electrons. The van der Waals surface area contributed by atoms with Crippen molar-refractivity contribution in [2.24, 2.45) is 5.73 Å². The van der Waals surface area contributed by atoms with Crippen molar-refractivity contribution >= 4 is 23.4 Å². The van der Waals surface area contributed by atoms with Crippen LogP contribution >= 0.6 is 0 Å². The van der Waals surface area contributed by atoms with Gasteiger partial charge in [0.15, 0.2) is 5.69 Å². The van der Waals surface area contributed by atoms with Crippen LogP contribution in [-0.4, -0.2) is 34.0 Å². The molecule has 3 amide bonds. The number of nitrogens with zero attached hydrogens (tertiary/aromatic N) is 2. The fourth-order valence-electron chi connectivity index (χ4n) is 2.77. The molecule has 0 aliphatic heterocycles. The predicted molar refractivity (Wildman–Crippen MR) is 110 cm³/mol. The number of para-hydroxylation sites is 1. The predicted octanol–water partition coefficient (Wildman–Crippen LogP) is 1.15. The van der Waals surface area contributed by atoms with E-state index >= 15 is 0 Å². The molecule has 3 aromatic rings. The van der Waals surface area contributed by atoms with Crippen LogP contribution in [-0.2, 0) is 4.79 Å². The third kappa shape index (κ3) is 4.99. The molecule has 1 heterocycles. The van der Waals surface area contributed by atoms with Gasteiger partial charge in [0.05, 0.1) is 6.54 Å². The fraction of sp³-hybridized carbons (Fsp3) is 0.0952. The monoisotopic (exact) mass is 423 g/mol. The van der Waals surface area contributed by atoms with Gasteiger partial charge in [-0.25, -0.2) is 9.07 Å². The molecule has 0 aliphatic carbocycles. The molecule has 0 fully saturated rings. The number of anilines is 1. The molecule has 0 saturated carbocycles. The summed E-state index contributed by atoms with van der Waals surface area (Å²) in [6.07, 6.45) is 0. The van der Waals surface area contributed by atoms with Gasteiger partial charge >= 0.3 is 0 Å². The Bertz CT molecular complexity index is 1240. The van der Waals surface area contributed by atoms with E-state index in [1.807, 2.05) is 0 Å². The second-order valence-corrected chi connectivity index (χ2v) is 6.55. The average Bonchev–Trinajstić information content (AvgIpc) is 2.73. The minimum Gasteiger partial charge on any atom is -0.368 e. The maximum Gasteiger partial charge on any atom is 0.280 e. The van der Waals surface area contributed by atoms with Crippen LogP contribution in [0.2, 0.25) is 0 Å². The number of halogens is 1. The molecule has 0 radical (unpaired) electrons. The maximum atomic E-state index is 14.2. The summed E-state index contributed by atoms with van der Waals surface area (Å²) < 4.78 is 15.3. The lowest BCUT2D eigenvalue weighted by Crippen LogP contribution is -2.33. The van der Waals surface area contributed by atoms with Crippen LogP contribution in [0.3, 0.4) is 0 Å². The number of nitrogens with one attached hydrogen (secondary N) is 2. The summed E-state index contributed by atoms with van der Waals surface area (Å²) in [6.45, 7) is 1.23. The van der Waals surface area contributed by atoms with Gasteiger partial charge in [0.2, 0.25) is 11.3 Å². The molecule has 10 heteroatoms. The highest BCUT2D eigenvalue weighted by Gasteiger charge is 2.17. The van der Waals surface area contributed by atoms with Crippen LogP contribution < -0.4 is 21.8 Å². The van der Waals surface area contributed by atoms with E-state index in [-0.39, 0.29) is 23.5 Å². The molecule has 4 N–H and O–H groups in total. The van der Waals surface area contributed by atoms with E-state index in [9.17, 15) is 23.6 Å². The topological polar surface area (TPSA) is 136 Å². The fourth-order valence-corrected chi connectivity index (χ4v) is 2.77. The van der Waals surface area contributed by atoms with Crippen LogP contribution in [0.1, 0.15) is 26.5 Å². The number of hydrogen-bond acceptors (Lipinski definition) is 5. The number of hydrogen-bond donors (Lipinski definition) is 3. The minimum atomic E-state index is -0.829. The number of rotatable bonds is 6. The molecule has 9 nitrogen and oxygen atoms in total. The zero-order valence-corrected chi connectivity index (χ0v) is 16.4. The number of carbonyl (C=O) groups excluding carboxylic acids is 3. The largest absolute Gasteiger partial charge is 0.368 e. The Kier molecular flexibility index (Phi) is 6.20. The molecule has 0 spiro atoms. The molecule has 0 unspecified atom stereocenters. The highest BCUT2D eigenvalue weighted by molar-refractivity contribution is 6.04. The average molecular weight is 423 g/mol. The molecular weight excluding hydrogens is 405 g/mol. The molecule has 1 aromatic heterocycles. The summed E-state index contributed by atoms with van der Waals surface area (Å²) in [5.41, 5.74) is 4.72. The van der Waals surface area contributed by atoms with Crippen LogP contribution in [0.4, 0.5) is 10.1 Å². The highest BCUT2D eigenvalue weighted by atomic mass is 19.1. The third-order valence-corrected chi connectivity index (χ3v) is 4.21. The Hall–Kier alpha value is -4.34. The second kappa shape index (κ2) is 8.99. The number of benzene rings is 2. The molecule has 0 aliphatic rings. The first-order valence-electron chi connectivity index (χ1n) is 9.10. The zero-order valence-electron chi connectivity index (χ0n) is 16.4. The Morgan fingerprint density at radius 1 is 1.06 bits per heavy atom. The number of nitrogens with two attached hydrogens (primary N) is 1. The smallest absolute Gasteiger partial charge is 0.280 e. The van der Waals surface area contributed by atoms with Gasteiger partial charge in [-0.1, -0.05) is 18.2 Å². The highest BCUT2D eigenvalue weighted by Crippen LogP contribution is 2.14. The number of amides is 3. The third-order valence-electron chi connectivity index (χ3n) is 4.21. The Morgan fingerprint density at radius 2 is 1.81 bits per heavy atom. The van der Waals surface area contributed by atoms with Gasteiger partial charge in [0.25, 0.3) is 11.8 Å². The lowest BCUT2D eigenvalue weighted by atomic mass is 10.2. The maximum absolute atomic E-state index is 14.2. The molecule has 2 aromatic carbocycles. The summed E-state index contributed by atoms with van der Waals surface area (Å²) in [4.78, 5) is 47.8. The van der Waals surface area contributed by atoms with E-state index in [0.717, 1.165) is 0 Å². The molecule has 0 bridgehead atoms. The summed E-state index contributed by atoms with van der Waals surface area (Å²) in [5.74, 6) is -2.66. The number of carbonyl (C=O) groups is 3. The van der Waals surface area contributed by atoms with Crippen molar-refractivity contribution in [3.63, 3.8) is 0 Å². The Labute approximate surface area is 175 Å². The van der Waals surface area contributed by atoms with Gasteiger partial charge in [-0.15, -0.1) is 0 Å². The quantitative estimate of drug-likeness (QED) is 0.546. The van der Waals surface area contributed by atoms with E-state index < -0.39 is 34.7 Å². The van der Waals surface area contributed by atoms with Crippen molar-refractivity contribution in [3.8, 4) is 5.69 Å². The van der Waals surface area contributed by atoms with Crippen molar-refractivity contribution in [1.82, 2.24) is 15.1 Å². The van der Waals surface area contributed by atoms with E-state index in [2.05, 4.69) is 15.7 Å². The molecule has 31 heavy (non-hydrogen) atoms. The van der Waals surface area contributed by atoms with Gasteiger partial charge in [-0.2, -0.15) is 5.10 Å². The first kappa shape index (κ1) is 21.4. The number of aryl methyl sites for hydroxylation is 1. The zero-order chi connectivity index (χ0) is 22.5. The first-order chi connectivity index (χ1) is 14.8. The molecule has 0 atom stereocenters. The summed E-state index contributed by atoms with van der Waals surface area (Å²) in [5, 5.41) is 8.85. The van der Waals surface area contributed by atoms with Crippen molar-refractivity contribution in [3.05, 3.63) is 87.6 Å². The van der Waals surface area contributed by atoms with Crippen LogP contribution in [0, 0.1) is 12.7 Å². The molecular formula is C21H18FN5O4. The Balaban J connectivity index is 1.88. The van der Waals surface area contributed by atoms with Crippen molar-refractivity contribution in [1.29, 1.82) is 0 Å². The van der Waals surface area contributed by atoms with E-state index in [1.54, 1.807) is 13.0 Å². The van der Waals surface area contributed by atoms with Gasteiger partial charge in [0, 0.05) is 23.0 Å². The lowest BCUT2D eigenvalue weighted by molar-refractivity contribution is -0.117. The normalized spacial score (nSPS) is 10.4. The van der Waals surface area contributed by atoms with E-state index in [0.29, 0.717) is 5.69 Å². The molecule has 0 saturated heterocycles. The van der Waals surface area contributed by atoms with Crippen LogP contribution in [0.15, 0.2) is 59.4 Å². The summed E-state index contributed by atoms with van der Waals surface area (Å²) >= 11 is 0. The summed E-state index contributed by atoms with van der Waals surface area (Å²) in [7, 11) is 0. The van der Waals surface area contributed by atoms with Crippen molar-refractivity contribution in [2.75, 3.05) is 11.9 Å². The number of primary amides is 1. The Morgan fingerprint density at radius 3 is 2.52 bits per heavy atom. The van der Waals surface area contributed by atoms with Crippen molar-refractivity contribution in [2.45, 2.75) is 6.92 Å². The standard InChI is InChI=1S/C21H18FN5O4/c1-12-9-17(28)19(26-27(12)16-8-3-2-7-15(16)22)21(31)25-14-6-4-5-13(10-14)20(30)24-11-18(23)29/h2-10H,11H2,1H3,(H2,23,29)(H,24,30)(H,25,31). The number of aromatic nitrogens is 2. The molecule has 3 rings (SSSR count). The van der Waals surface area contributed by atoms with Gasteiger partial charge in [0.1, 0.15) is 11.5 Å². The van der Waals surface area contributed by atoms with Crippen LogP contribution in [0.5, 0.6) is 0 Å². The van der Waals surface area contributed by atoms with Gasteiger partial charge in [-0.3, -0.25) is 19.2 Å². The van der Waals surface area contributed by atoms with E-state index in [1.165, 1.54) is 53.2 Å². The summed E-state index contributed by atoms with van der Waals surface area (Å²) in [6, 6.07) is 12.9. The second-order valence-electron chi connectivity index (χ2n) is 6.55. The SMILES string of the molecule is Cc1cc(=O)c(C(=O)Nc2cccc(C(=O)NCC(N)=O)c2)nn1-c1ccccc1F. The van der Waals surface area contributed by atoms with Crippen molar-refractivity contribution < 1.29 is 18.8 Å². The van der Waals surface area contributed by atoms with Crippen LogP contribution in [0.25, 0.3) is 5.69 Å². The lowest BCUT2D eigenvalue weighted by Gasteiger charge is -2.12. The van der Waals surface area contributed by atoms with Gasteiger partial charge < -0.3 is 16.4 Å². The minimum absolute atomic E-state index is 0.0853. The van der Waals surface area contributed by atoms with Gasteiger partial charge in [-0.05, 0) is 37.3 Å². The van der Waals surface area contributed by atoms with E-state index in [4.69, 9.17) is 5.73 Å².